The SMILES string of the molecule is COc1ccc(C#CCC=Cc2ccccc2)cc1. The number of methoxy groups -OCH3 is 1. The van der Waals surface area contributed by atoms with Crippen LogP contribution in [0.15, 0.2) is 60.7 Å². The molecule has 0 aliphatic carbocycles. The third-order valence-corrected chi connectivity index (χ3v) is 2.65. The zero-order valence-corrected chi connectivity index (χ0v) is 11.0. The van der Waals surface area contributed by atoms with Crippen molar-refractivity contribution in [2.45, 2.75) is 6.42 Å². The molecule has 1 nitrogen and oxygen atoms in total. The summed E-state index contributed by atoms with van der Waals surface area (Å²) in [7, 11) is 1.66. The zero-order chi connectivity index (χ0) is 13.3. The van der Waals surface area contributed by atoms with Gasteiger partial charge in [-0.25, -0.2) is 0 Å². The molecule has 0 amide bonds. The van der Waals surface area contributed by atoms with E-state index in [4.69, 9.17) is 4.74 Å². The average Bonchev–Trinajstić information content (AvgIpc) is 2.49. The third-order valence-electron chi connectivity index (χ3n) is 2.65. The van der Waals surface area contributed by atoms with Crippen LogP contribution in [0.4, 0.5) is 0 Å². The van der Waals surface area contributed by atoms with Crippen molar-refractivity contribution in [2.24, 2.45) is 0 Å². The monoisotopic (exact) mass is 248 g/mol. The quantitative estimate of drug-likeness (QED) is 0.741. The van der Waals surface area contributed by atoms with E-state index in [9.17, 15) is 0 Å². The molecule has 2 rings (SSSR count). The summed E-state index contributed by atoms with van der Waals surface area (Å²) in [6, 6.07) is 18.0. The van der Waals surface area contributed by atoms with Crippen LogP contribution in [0.3, 0.4) is 0 Å². The summed E-state index contributed by atoms with van der Waals surface area (Å²) < 4.78 is 5.10. The van der Waals surface area contributed by atoms with Gasteiger partial charge in [-0.3, -0.25) is 0 Å². The van der Waals surface area contributed by atoms with Crippen molar-refractivity contribution >= 4 is 6.08 Å². The number of ether oxygens (including phenoxy) is 1. The predicted molar refractivity (Wildman–Crippen MR) is 80.0 cm³/mol. The molecule has 0 bridgehead atoms. The van der Waals surface area contributed by atoms with Crippen LogP contribution in [0.2, 0.25) is 0 Å². The lowest BCUT2D eigenvalue weighted by Crippen LogP contribution is -1.81. The lowest BCUT2D eigenvalue weighted by Gasteiger charge is -1.97. The molecule has 0 aromatic heterocycles. The number of hydrogen-bond donors (Lipinski definition) is 0. The Labute approximate surface area is 114 Å². The number of rotatable bonds is 3. The van der Waals surface area contributed by atoms with Gasteiger partial charge in [0, 0.05) is 12.0 Å². The van der Waals surface area contributed by atoms with Crippen molar-refractivity contribution < 1.29 is 4.74 Å². The molecule has 0 aliphatic heterocycles. The highest BCUT2D eigenvalue weighted by molar-refractivity contribution is 5.49. The molecule has 0 N–H and O–H groups in total. The molecule has 0 fully saturated rings. The van der Waals surface area contributed by atoms with Crippen LogP contribution in [0.1, 0.15) is 17.5 Å². The Morgan fingerprint density at radius 1 is 1.00 bits per heavy atom. The van der Waals surface area contributed by atoms with E-state index < -0.39 is 0 Å². The zero-order valence-electron chi connectivity index (χ0n) is 11.0. The second kappa shape index (κ2) is 7.08. The van der Waals surface area contributed by atoms with Crippen molar-refractivity contribution in [2.75, 3.05) is 7.11 Å². The van der Waals surface area contributed by atoms with Gasteiger partial charge in [0.1, 0.15) is 5.75 Å². The number of hydrogen-bond acceptors (Lipinski definition) is 1. The van der Waals surface area contributed by atoms with Gasteiger partial charge in [0.2, 0.25) is 0 Å². The largest absolute Gasteiger partial charge is 0.497 e. The van der Waals surface area contributed by atoms with Gasteiger partial charge in [-0.05, 0) is 29.8 Å². The number of allylic oxidation sites excluding steroid dienone is 1. The summed E-state index contributed by atoms with van der Waals surface area (Å²) in [5.74, 6) is 7.11. The molecule has 0 aliphatic rings. The summed E-state index contributed by atoms with van der Waals surface area (Å²) >= 11 is 0. The molecule has 2 aromatic rings. The molecule has 0 spiro atoms. The Balaban J connectivity index is 1.89. The molecule has 0 saturated heterocycles. The van der Waals surface area contributed by atoms with E-state index in [1.165, 1.54) is 5.56 Å². The third kappa shape index (κ3) is 4.37. The van der Waals surface area contributed by atoms with Crippen LogP contribution in [-0.2, 0) is 0 Å². The minimum Gasteiger partial charge on any atom is -0.497 e. The van der Waals surface area contributed by atoms with Crippen LogP contribution in [-0.4, -0.2) is 7.11 Å². The maximum Gasteiger partial charge on any atom is 0.118 e. The van der Waals surface area contributed by atoms with E-state index in [1.807, 2.05) is 42.5 Å². The van der Waals surface area contributed by atoms with Crippen molar-refractivity contribution in [1.82, 2.24) is 0 Å². The van der Waals surface area contributed by atoms with Crippen LogP contribution in [0.5, 0.6) is 5.75 Å². The second-order valence-corrected chi connectivity index (χ2v) is 4.05. The van der Waals surface area contributed by atoms with Crippen LogP contribution >= 0.6 is 0 Å². The van der Waals surface area contributed by atoms with Crippen LogP contribution in [0.25, 0.3) is 6.08 Å². The van der Waals surface area contributed by atoms with Gasteiger partial charge in [-0.2, -0.15) is 0 Å². The Hall–Kier alpha value is -2.46. The number of benzene rings is 2. The van der Waals surface area contributed by atoms with Gasteiger partial charge >= 0.3 is 0 Å². The summed E-state index contributed by atoms with van der Waals surface area (Å²) in [6.07, 6.45) is 4.91. The van der Waals surface area contributed by atoms with E-state index in [-0.39, 0.29) is 0 Å². The normalized spacial score (nSPS) is 9.95. The minimum atomic E-state index is 0.751. The molecule has 0 heterocycles. The van der Waals surface area contributed by atoms with Gasteiger partial charge in [0.25, 0.3) is 0 Å². The molecule has 2 aromatic carbocycles. The molecular formula is C18H16O. The van der Waals surface area contributed by atoms with Crippen molar-refractivity contribution in [3.63, 3.8) is 0 Å². The van der Waals surface area contributed by atoms with Crippen molar-refractivity contribution in [3.05, 3.63) is 71.8 Å². The summed E-state index contributed by atoms with van der Waals surface area (Å²) in [4.78, 5) is 0. The summed E-state index contributed by atoms with van der Waals surface area (Å²) in [6.45, 7) is 0. The van der Waals surface area contributed by atoms with Gasteiger partial charge in [0.05, 0.1) is 7.11 Å². The first-order valence-electron chi connectivity index (χ1n) is 6.23. The molecule has 0 atom stereocenters. The highest BCUT2D eigenvalue weighted by Crippen LogP contribution is 2.10. The first-order chi connectivity index (χ1) is 9.38. The molecular weight excluding hydrogens is 232 g/mol. The fourth-order valence-electron chi connectivity index (χ4n) is 1.65. The topological polar surface area (TPSA) is 9.23 Å². The minimum absolute atomic E-state index is 0.751. The first-order valence-corrected chi connectivity index (χ1v) is 6.23. The maximum atomic E-state index is 5.10. The van der Waals surface area contributed by atoms with E-state index in [2.05, 4.69) is 36.1 Å². The fraction of sp³-hybridized carbons (Fsp3) is 0.111. The van der Waals surface area contributed by atoms with Crippen molar-refractivity contribution in [1.29, 1.82) is 0 Å². The Morgan fingerprint density at radius 2 is 1.74 bits per heavy atom. The Kier molecular flexibility index (Phi) is 4.84. The highest BCUT2D eigenvalue weighted by Gasteiger charge is 1.89. The summed E-state index contributed by atoms with van der Waals surface area (Å²) in [5.41, 5.74) is 2.21. The maximum absolute atomic E-state index is 5.10. The van der Waals surface area contributed by atoms with E-state index in [0.29, 0.717) is 0 Å². The standard InChI is InChI=1S/C18H16O/c1-19-18-14-12-17(13-15-18)11-7-3-6-10-16-8-4-2-5-9-16/h2,4-6,8-10,12-15H,3H2,1H3. The van der Waals surface area contributed by atoms with Crippen LogP contribution in [0, 0.1) is 11.8 Å². The average molecular weight is 248 g/mol. The van der Waals surface area contributed by atoms with Gasteiger partial charge in [-0.15, -0.1) is 0 Å². The molecule has 94 valence electrons. The summed E-state index contributed by atoms with van der Waals surface area (Å²) in [5, 5.41) is 0. The van der Waals surface area contributed by atoms with E-state index in [0.717, 1.165) is 17.7 Å². The molecule has 1 heteroatoms. The smallest absolute Gasteiger partial charge is 0.118 e. The Bertz CT molecular complexity index is 583. The van der Waals surface area contributed by atoms with E-state index >= 15 is 0 Å². The molecule has 0 unspecified atom stereocenters. The van der Waals surface area contributed by atoms with Gasteiger partial charge in [-0.1, -0.05) is 54.3 Å². The first kappa shape index (κ1) is 13.0. The van der Waals surface area contributed by atoms with Crippen molar-refractivity contribution in [3.8, 4) is 17.6 Å². The molecule has 0 saturated carbocycles. The predicted octanol–water partition coefficient (Wildman–Crippen LogP) is 4.15. The van der Waals surface area contributed by atoms with E-state index in [1.54, 1.807) is 7.11 Å². The lowest BCUT2D eigenvalue weighted by atomic mass is 10.2. The van der Waals surface area contributed by atoms with Gasteiger partial charge < -0.3 is 4.74 Å². The second-order valence-electron chi connectivity index (χ2n) is 4.05. The molecule has 19 heavy (non-hydrogen) atoms. The lowest BCUT2D eigenvalue weighted by molar-refractivity contribution is 0.415. The molecule has 0 radical (unpaired) electrons. The Morgan fingerprint density at radius 3 is 2.42 bits per heavy atom. The fourth-order valence-corrected chi connectivity index (χ4v) is 1.65. The van der Waals surface area contributed by atoms with Gasteiger partial charge in [0.15, 0.2) is 0 Å². The van der Waals surface area contributed by atoms with Crippen LogP contribution < -0.4 is 4.74 Å². The highest BCUT2D eigenvalue weighted by atomic mass is 16.5.